The molecule has 0 aliphatic heterocycles. The fourth-order valence-corrected chi connectivity index (χ4v) is 1.05. The fraction of sp³-hybridized carbons (Fsp3) is 0.667. The molecule has 0 aliphatic carbocycles. The zero-order valence-corrected chi connectivity index (χ0v) is 8.72. The van der Waals surface area contributed by atoms with Crippen molar-refractivity contribution in [3.8, 4) is 0 Å². The van der Waals surface area contributed by atoms with E-state index in [1.165, 1.54) is 19.3 Å². The van der Waals surface area contributed by atoms with Gasteiger partial charge in [0.05, 0.1) is 0 Å². The van der Waals surface area contributed by atoms with Gasteiger partial charge >= 0.3 is 0 Å². The van der Waals surface area contributed by atoms with Gasteiger partial charge in [-0.1, -0.05) is 57.9 Å². The Morgan fingerprint density at radius 3 is 2.33 bits per heavy atom. The first-order chi connectivity index (χ1) is 5.81. The van der Waals surface area contributed by atoms with Crippen LogP contribution in [0.3, 0.4) is 0 Å². The van der Waals surface area contributed by atoms with E-state index in [2.05, 4.69) is 45.1 Å². The molecule has 12 heavy (non-hydrogen) atoms. The zero-order chi connectivity index (χ0) is 9.23. The second-order valence-electron chi connectivity index (χ2n) is 3.27. The summed E-state index contributed by atoms with van der Waals surface area (Å²) in [6, 6.07) is 0. The summed E-state index contributed by atoms with van der Waals surface area (Å²) in [5.74, 6) is 0.613. The lowest BCUT2D eigenvalue weighted by Crippen LogP contribution is -1.81. The van der Waals surface area contributed by atoms with Crippen molar-refractivity contribution in [3.63, 3.8) is 0 Å². The van der Waals surface area contributed by atoms with Crippen LogP contribution in [0.2, 0.25) is 0 Å². The molecule has 0 spiro atoms. The topological polar surface area (TPSA) is 0 Å². The van der Waals surface area contributed by atoms with Crippen molar-refractivity contribution in [2.45, 2.75) is 46.5 Å². The molecule has 0 saturated heterocycles. The van der Waals surface area contributed by atoms with Crippen molar-refractivity contribution >= 4 is 0 Å². The van der Waals surface area contributed by atoms with Gasteiger partial charge in [0, 0.05) is 0 Å². The summed E-state index contributed by atoms with van der Waals surface area (Å²) in [7, 11) is 0. The van der Waals surface area contributed by atoms with Crippen molar-refractivity contribution in [1.29, 1.82) is 0 Å². The normalized spacial score (nSPS) is 14.6. The summed E-state index contributed by atoms with van der Waals surface area (Å²) < 4.78 is 0. The predicted octanol–water partition coefficient (Wildman–Crippen LogP) is 4.34. The van der Waals surface area contributed by atoms with E-state index < -0.39 is 0 Å². The summed E-state index contributed by atoms with van der Waals surface area (Å²) in [6.07, 6.45) is 14.1. The molecule has 0 N–H and O–H groups in total. The Balaban J connectivity index is 3.46. The minimum Gasteiger partial charge on any atom is -0.0882 e. The lowest BCUT2D eigenvalue weighted by molar-refractivity contribution is 0.806. The highest BCUT2D eigenvalue weighted by molar-refractivity contribution is 4.98. The molecule has 70 valence electrons. The number of hydrogen-bond donors (Lipinski definition) is 0. The highest BCUT2D eigenvalue weighted by Crippen LogP contribution is 2.03. The van der Waals surface area contributed by atoms with Crippen LogP contribution in [0.15, 0.2) is 24.3 Å². The van der Waals surface area contributed by atoms with Gasteiger partial charge in [0.15, 0.2) is 0 Å². The van der Waals surface area contributed by atoms with Gasteiger partial charge in [0.2, 0.25) is 0 Å². The lowest BCUT2D eigenvalue weighted by Gasteiger charge is -1.96. The highest BCUT2D eigenvalue weighted by atomic mass is 13.9. The van der Waals surface area contributed by atoms with E-state index in [-0.39, 0.29) is 0 Å². The van der Waals surface area contributed by atoms with Gasteiger partial charge < -0.3 is 0 Å². The Labute approximate surface area is 77.4 Å². The number of hydrogen-bond acceptors (Lipinski definition) is 0. The molecule has 0 fully saturated rings. The average Bonchev–Trinajstić information content (AvgIpc) is 2.09. The molecule has 0 saturated carbocycles. The van der Waals surface area contributed by atoms with E-state index >= 15 is 0 Å². The third kappa shape index (κ3) is 7.59. The molecular formula is C12H22. The van der Waals surface area contributed by atoms with Gasteiger partial charge in [0.1, 0.15) is 0 Å². The minimum absolute atomic E-state index is 0.613. The fourth-order valence-electron chi connectivity index (χ4n) is 1.05. The quantitative estimate of drug-likeness (QED) is 0.407. The first-order valence-corrected chi connectivity index (χ1v) is 5.14. The Kier molecular flexibility index (Phi) is 8.20. The number of allylic oxidation sites excluding steroid dienone is 4. The maximum absolute atomic E-state index is 2.30. The molecule has 0 heteroatoms. The molecule has 0 aliphatic rings. The molecular weight excluding hydrogens is 144 g/mol. The first kappa shape index (κ1) is 11.5. The smallest absolute Gasteiger partial charge is 0.00819 e. The monoisotopic (exact) mass is 166 g/mol. The van der Waals surface area contributed by atoms with Gasteiger partial charge in [-0.2, -0.15) is 0 Å². The summed E-state index contributed by atoms with van der Waals surface area (Å²) in [4.78, 5) is 0. The predicted molar refractivity (Wildman–Crippen MR) is 57.3 cm³/mol. The van der Waals surface area contributed by atoms with Crippen molar-refractivity contribution in [1.82, 2.24) is 0 Å². The van der Waals surface area contributed by atoms with Crippen LogP contribution in [0.1, 0.15) is 46.5 Å². The van der Waals surface area contributed by atoms with Gasteiger partial charge in [-0.15, -0.1) is 0 Å². The van der Waals surface area contributed by atoms with Crippen LogP contribution in [-0.2, 0) is 0 Å². The van der Waals surface area contributed by atoms with E-state index in [1.807, 2.05) is 0 Å². The largest absolute Gasteiger partial charge is 0.0882 e. The van der Waals surface area contributed by atoms with E-state index in [0.29, 0.717) is 5.92 Å². The molecule has 0 amide bonds. The Hall–Kier alpha value is -0.520. The third-order valence-electron chi connectivity index (χ3n) is 1.84. The molecule has 0 aromatic rings. The minimum atomic E-state index is 0.613. The maximum atomic E-state index is 2.30. The van der Waals surface area contributed by atoms with E-state index in [4.69, 9.17) is 0 Å². The summed E-state index contributed by atoms with van der Waals surface area (Å²) in [5.41, 5.74) is 0. The molecule has 0 heterocycles. The number of unbranched alkanes of at least 4 members (excludes halogenated alkanes) is 2. The molecule has 0 bridgehead atoms. The van der Waals surface area contributed by atoms with Crippen LogP contribution in [0.4, 0.5) is 0 Å². The molecule has 1 unspecified atom stereocenters. The van der Waals surface area contributed by atoms with Gasteiger partial charge in [-0.3, -0.25) is 0 Å². The van der Waals surface area contributed by atoms with Gasteiger partial charge in [-0.05, 0) is 18.8 Å². The van der Waals surface area contributed by atoms with Crippen molar-refractivity contribution in [3.05, 3.63) is 24.3 Å². The molecule has 0 rings (SSSR count). The van der Waals surface area contributed by atoms with Crippen LogP contribution in [-0.4, -0.2) is 0 Å². The van der Waals surface area contributed by atoms with Crippen molar-refractivity contribution in [2.24, 2.45) is 5.92 Å². The molecule has 0 aromatic heterocycles. The van der Waals surface area contributed by atoms with Gasteiger partial charge in [0.25, 0.3) is 0 Å². The molecule has 0 aromatic carbocycles. The van der Waals surface area contributed by atoms with Crippen molar-refractivity contribution in [2.75, 3.05) is 0 Å². The Morgan fingerprint density at radius 2 is 1.75 bits per heavy atom. The number of rotatable bonds is 6. The average molecular weight is 166 g/mol. The zero-order valence-electron chi connectivity index (χ0n) is 8.72. The molecule has 1 atom stereocenters. The second-order valence-corrected chi connectivity index (χ2v) is 3.27. The standard InChI is InChI=1S/C12H22/c1-4-6-8-9-11-12(3)10-7-5-2/h7,9-12H,4-6,8H2,1-3H3/b10-7+,11-9+. The lowest BCUT2D eigenvalue weighted by atomic mass is 10.1. The SMILES string of the molecule is CC/C=C/C(C)/C=C/CCCC. The van der Waals surface area contributed by atoms with Crippen LogP contribution in [0.5, 0.6) is 0 Å². The Bertz CT molecular complexity index is 131. The first-order valence-electron chi connectivity index (χ1n) is 5.14. The van der Waals surface area contributed by atoms with E-state index in [9.17, 15) is 0 Å². The maximum Gasteiger partial charge on any atom is -0.00819 e. The van der Waals surface area contributed by atoms with E-state index in [0.717, 1.165) is 6.42 Å². The van der Waals surface area contributed by atoms with Crippen molar-refractivity contribution < 1.29 is 0 Å². The van der Waals surface area contributed by atoms with Crippen LogP contribution >= 0.6 is 0 Å². The van der Waals surface area contributed by atoms with Gasteiger partial charge in [-0.25, -0.2) is 0 Å². The summed E-state index contributed by atoms with van der Waals surface area (Å²) in [6.45, 7) is 6.63. The summed E-state index contributed by atoms with van der Waals surface area (Å²) >= 11 is 0. The van der Waals surface area contributed by atoms with Crippen LogP contribution < -0.4 is 0 Å². The Morgan fingerprint density at radius 1 is 1.08 bits per heavy atom. The molecule has 0 nitrogen and oxygen atoms in total. The van der Waals surface area contributed by atoms with E-state index in [1.54, 1.807) is 0 Å². The third-order valence-corrected chi connectivity index (χ3v) is 1.84. The second kappa shape index (κ2) is 8.58. The summed E-state index contributed by atoms with van der Waals surface area (Å²) in [5, 5.41) is 0. The highest BCUT2D eigenvalue weighted by Gasteiger charge is 1.87. The van der Waals surface area contributed by atoms with Crippen LogP contribution in [0, 0.1) is 5.92 Å². The van der Waals surface area contributed by atoms with Crippen LogP contribution in [0.25, 0.3) is 0 Å². The molecule has 0 radical (unpaired) electrons.